The van der Waals surface area contributed by atoms with E-state index in [9.17, 15) is 86.3 Å². The maximum atomic E-state index is 13.8. The molecule has 22 aliphatic rings. The van der Waals surface area contributed by atoms with Gasteiger partial charge in [-0.05, 0) is 0 Å². The third-order valence-corrected chi connectivity index (χ3v) is 17.6. The topological polar surface area (TPSA) is 584 Å². The maximum absolute atomic E-state index is 13.8. The standard InChI is InChI=1S/C72H96O48/c1-25(73)91-19-43-49-55(97-31(7)79)61(103-37(13)85)67(109-43)116-50-44(20-92-26(2)74)111-69(63(105-39(15)87)56(50)98-32(8)80)118-52-46(22-94-28(4)76)113-71(65(107-41(17)89)58(52)100-34(10)82)120-54-48(24-96-30(6)78)114-72(66(108-42(18)90)60(54)102-36(12)84)119-53-47(23-95-29(5)77)112-70(64(106-40(16)88)59(53)101-35(11)83)117-51-45(21-93-27(3)75)110-68(115-49)62(104-38(14)86)57(51)99-33(9)81/h43-72H,19-24H2,1-18H3/t43-,44-,45-,46-,47-,48-,49-,50-,51-,52-,53-,54-,55+,56+,57+,58+,59+,60+,61-,62-,63-,64-,65-,66-,67-,68-,69-,70-,71-,72-/m1/s1. The molecule has 0 spiro atoms. The smallest absolute Gasteiger partial charge is 0.303 e. The first kappa shape index (κ1) is 97.1. The average Bonchev–Trinajstić information content (AvgIpc) is 0.755. The summed E-state index contributed by atoms with van der Waals surface area (Å²) in [5.41, 5.74) is 0. The van der Waals surface area contributed by atoms with E-state index in [-0.39, 0.29) is 0 Å². The quantitative estimate of drug-likeness (QED) is 0.0697. The van der Waals surface area contributed by atoms with Crippen molar-refractivity contribution < 1.29 is 228 Å². The monoisotopic (exact) mass is 1730 g/mol. The van der Waals surface area contributed by atoms with Crippen molar-refractivity contribution in [3.05, 3.63) is 0 Å². The lowest BCUT2D eigenvalue weighted by Gasteiger charge is -2.52. The van der Waals surface area contributed by atoms with Gasteiger partial charge in [0.25, 0.3) is 0 Å². The van der Waals surface area contributed by atoms with Gasteiger partial charge in [0.15, 0.2) is 111 Å². The highest BCUT2D eigenvalue weighted by Crippen LogP contribution is 2.44. The summed E-state index contributed by atoms with van der Waals surface area (Å²) in [4.78, 5) is 243. The van der Waals surface area contributed by atoms with Gasteiger partial charge in [-0.2, -0.15) is 0 Å². The van der Waals surface area contributed by atoms with Gasteiger partial charge in [-0.1, -0.05) is 0 Å². The summed E-state index contributed by atoms with van der Waals surface area (Å²) in [7, 11) is 0. The lowest BCUT2D eigenvalue weighted by atomic mass is 9.94. The van der Waals surface area contributed by atoms with E-state index in [2.05, 4.69) is 0 Å². The van der Waals surface area contributed by atoms with E-state index in [1.807, 2.05) is 0 Å². The summed E-state index contributed by atoms with van der Waals surface area (Å²) in [5.74, 6) is -21.5. The first-order chi connectivity index (χ1) is 56.3. The molecule has 48 nitrogen and oxygen atoms in total. The zero-order chi connectivity index (χ0) is 89.2. The lowest BCUT2D eigenvalue weighted by Crippen LogP contribution is -2.71. The molecule has 22 heterocycles. The molecule has 48 heteroatoms. The number of carbonyl (C=O) groups is 18. The minimum atomic E-state index is -2.39. The molecule has 0 unspecified atom stereocenters. The van der Waals surface area contributed by atoms with Gasteiger partial charge in [-0.3, -0.25) is 86.3 Å². The van der Waals surface area contributed by atoms with Gasteiger partial charge >= 0.3 is 107 Å². The highest BCUT2D eigenvalue weighted by Gasteiger charge is 2.65. The number of rotatable bonds is 24. The molecule has 0 aromatic carbocycles. The molecule has 0 aliphatic carbocycles. The van der Waals surface area contributed by atoms with Crippen LogP contribution in [0.4, 0.5) is 0 Å². The summed E-state index contributed by atoms with van der Waals surface area (Å²) < 4.78 is 183. The molecule has 22 aliphatic heterocycles. The number of hydrogen-bond donors (Lipinski definition) is 0. The van der Waals surface area contributed by atoms with Gasteiger partial charge in [-0.15, -0.1) is 0 Å². The van der Waals surface area contributed by atoms with Crippen molar-refractivity contribution in [3.8, 4) is 0 Å². The summed E-state index contributed by atoms with van der Waals surface area (Å²) in [6, 6.07) is 0. The van der Waals surface area contributed by atoms with E-state index in [1.165, 1.54) is 0 Å². The number of carbonyl (C=O) groups excluding carboxylic acids is 18. The van der Waals surface area contributed by atoms with E-state index >= 15 is 0 Å². The van der Waals surface area contributed by atoms with Gasteiger partial charge in [0.2, 0.25) is 0 Å². The summed E-state index contributed by atoms with van der Waals surface area (Å²) in [6.45, 7) is 9.13. The molecule has 22 fully saturated rings. The molecule has 0 radical (unpaired) electrons. The Morgan fingerprint density at radius 2 is 0.250 bits per heavy atom. The lowest BCUT2D eigenvalue weighted by molar-refractivity contribution is -0.404. The molecule has 0 amide bonds. The molecule has 0 aromatic rings. The van der Waals surface area contributed by atoms with Crippen LogP contribution in [-0.4, -0.2) is 331 Å². The molecule has 22 saturated heterocycles. The van der Waals surface area contributed by atoms with E-state index in [1.54, 1.807) is 0 Å². The van der Waals surface area contributed by atoms with Crippen molar-refractivity contribution in [3.63, 3.8) is 0 Å². The molecule has 22 rings (SSSR count). The fourth-order valence-electron chi connectivity index (χ4n) is 13.7. The largest absolute Gasteiger partial charge is 0.463 e. The SMILES string of the molecule is CC(=O)OC[C@H]1O[C@@H]2O[C@H]3[C@H](OC(C)=O)[C@@H](OC(C)=O)[C@@H](O[C@H]4[C@H](OC(C)=O)[C@@H](OC(C)=O)[C@@H](O[C@H]5[C@H](OC(C)=O)[C@@H](OC(C)=O)[C@@H](O[C@H]6[C@H](OC(C)=O)[C@@H](OC(C)=O)[C@@H](O[C@H]7[C@H](OC(C)=O)[C@@H](OC(C)=O)[C@@H](O[C@H]1[C@H](OC(C)=O)[C@H]2OC(C)=O)O[C@@H]7COC(C)=O)O[C@@H]6COC(C)=O)O[C@@H]5COC(C)=O)O[C@@H]4COC(C)=O)O[C@@H]3COC(C)=O. The minimum Gasteiger partial charge on any atom is -0.463 e. The van der Waals surface area contributed by atoms with Gasteiger partial charge in [-0.25, -0.2) is 0 Å². The molecular formula is C72H96O48. The maximum Gasteiger partial charge on any atom is 0.303 e. The summed E-state index contributed by atoms with van der Waals surface area (Å²) in [5, 5.41) is 0. The molecule has 120 heavy (non-hydrogen) atoms. The van der Waals surface area contributed by atoms with Gasteiger partial charge in [0, 0.05) is 125 Å². The molecule has 12 bridgehead atoms. The zero-order valence-electron chi connectivity index (χ0n) is 68.2. The fourth-order valence-corrected chi connectivity index (χ4v) is 13.7. The summed E-state index contributed by atoms with van der Waals surface area (Å²) in [6.07, 6.45) is -67.3. The Morgan fingerprint density at radius 3 is 0.342 bits per heavy atom. The molecule has 0 saturated carbocycles. The average molecular weight is 1730 g/mol. The van der Waals surface area contributed by atoms with Crippen molar-refractivity contribution in [1.82, 2.24) is 0 Å². The number of esters is 18. The Kier molecular flexibility index (Phi) is 35.6. The van der Waals surface area contributed by atoms with Crippen molar-refractivity contribution in [2.75, 3.05) is 39.6 Å². The highest BCUT2D eigenvalue weighted by molar-refractivity contribution is 5.72. The molecular weight excluding hydrogens is 1630 g/mol. The summed E-state index contributed by atoms with van der Waals surface area (Å²) >= 11 is 0. The van der Waals surface area contributed by atoms with Crippen molar-refractivity contribution in [1.29, 1.82) is 0 Å². The highest BCUT2D eigenvalue weighted by atomic mass is 16.8. The predicted molar refractivity (Wildman–Crippen MR) is 368 cm³/mol. The normalized spacial score (nSPS) is 34.6. The predicted octanol–water partition coefficient (Wildman–Crippen LogP) is -2.78. The molecule has 0 aromatic heterocycles. The second-order valence-electron chi connectivity index (χ2n) is 27.6. The fraction of sp³-hybridized carbons (Fsp3) is 0.750. The van der Waals surface area contributed by atoms with Crippen molar-refractivity contribution >= 4 is 107 Å². The Balaban J connectivity index is 1.64. The van der Waals surface area contributed by atoms with Crippen molar-refractivity contribution in [2.45, 2.75) is 309 Å². The second kappa shape index (κ2) is 44.0. The van der Waals surface area contributed by atoms with Crippen molar-refractivity contribution in [2.24, 2.45) is 0 Å². The van der Waals surface area contributed by atoms with E-state index in [0.29, 0.717) is 0 Å². The first-order valence-electron chi connectivity index (χ1n) is 37.0. The Bertz CT molecular complexity index is 3120. The zero-order valence-corrected chi connectivity index (χ0v) is 68.2. The van der Waals surface area contributed by atoms with Crippen LogP contribution in [0.1, 0.15) is 125 Å². The van der Waals surface area contributed by atoms with Crippen LogP contribution in [0.3, 0.4) is 0 Å². The van der Waals surface area contributed by atoms with Crippen LogP contribution in [0, 0.1) is 0 Å². The van der Waals surface area contributed by atoms with E-state index < -0.39 is 331 Å². The van der Waals surface area contributed by atoms with Crippen LogP contribution >= 0.6 is 0 Å². The van der Waals surface area contributed by atoms with Crippen LogP contribution in [0.2, 0.25) is 0 Å². The van der Waals surface area contributed by atoms with Crippen LogP contribution in [0.15, 0.2) is 0 Å². The Hall–Kier alpha value is -10.0. The minimum absolute atomic E-state index is 0.826. The third kappa shape index (κ3) is 27.5. The second-order valence-corrected chi connectivity index (χ2v) is 27.6. The van der Waals surface area contributed by atoms with Crippen LogP contribution in [0.25, 0.3) is 0 Å². The van der Waals surface area contributed by atoms with Gasteiger partial charge in [0.1, 0.15) is 113 Å². The van der Waals surface area contributed by atoms with Crippen LogP contribution < -0.4 is 0 Å². The van der Waals surface area contributed by atoms with Gasteiger partial charge < -0.3 is 142 Å². The Labute approximate surface area is 682 Å². The third-order valence-electron chi connectivity index (χ3n) is 17.6. The van der Waals surface area contributed by atoms with E-state index in [4.69, 9.17) is 142 Å². The molecule has 672 valence electrons. The molecule has 30 atom stereocenters. The van der Waals surface area contributed by atoms with Crippen LogP contribution in [-0.2, 0) is 228 Å². The number of hydrogen-bond acceptors (Lipinski definition) is 48. The number of ether oxygens (including phenoxy) is 30. The van der Waals surface area contributed by atoms with Gasteiger partial charge in [0.05, 0.1) is 0 Å². The Morgan fingerprint density at radius 1 is 0.150 bits per heavy atom. The van der Waals surface area contributed by atoms with Crippen LogP contribution in [0.5, 0.6) is 0 Å². The molecule has 0 N–H and O–H groups in total. The van der Waals surface area contributed by atoms with E-state index in [0.717, 1.165) is 125 Å². The first-order valence-corrected chi connectivity index (χ1v) is 37.0.